The Morgan fingerprint density at radius 1 is 1.35 bits per heavy atom. The third kappa shape index (κ3) is 5.22. The van der Waals surface area contributed by atoms with E-state index in [1.54, 1.807) is 30.4 Å². The maximum atomic E-state index is 12.0. The molecular weight excluding hydrogens is 254 g/mol. The predicted molar refractivity (Wildman–Crippen MR) is 78.0 cm³/mol. The molecule has 1 aromatic rings. The molecule has 20 heavy (non-hydrogen) atoms. The molecule has 5 heteroatoms. The van der Waals surface area contributed by atoms with E-state index in [1.807, 2.05) is 12.1 Å². The smallest absolute Gasteiger partial charge is 0.241 e. The zero-order valence-electron chi connectivity index (χ0n) is 12.1. The van der Waals surface area contributed by atoms with Crippen molar-refractivity contribution in [1.29, 1.82) is 0 Å². The second-order valence-corrected chi connectivity index (χ2v) is 4.61. The lowest BCUT2D eigenvalue weighted by atomic mass is 10.2. The molecule has 5 nitrogen and oxygen atoms in total. The molecular formula is C15H21N3O2. The van der Waals surface area contributed by atoms with E-state index in [0.717, 1.165) is 12.0 Å². The molecule has 1 aromatic heterocycles. The normalized spacial score (nSPS) is 9.90. The van der Waals surface area contributed by atoms with Crippen LogP contribution in [0.2, 0.25) is 0 Å². The number of aromatic nitrogens is 1. The first-order chi connectivity index (χ1) is 9.54. The topological polar surface area (TPSA) is 53.5 Å². The molecule has 0 unspecified atom stereocenters. The Balaban J connectivity index is 2.46. The van der Waals surface area contributed by atoms with E-state index in [4.69, 9.17) is 0 Å². The molecule has 0 aliphatic heterocycles. The van der Waals surface area contributed by atoms with E-state index in [0.29, 0.717) is 13.1 Å². The largest absolute Gasteiger partial charge is 0.344 e. The summed E-state index contributed by atoms with van der Waals surface area (Å²) in [7, 11) is 1.75. The molecule has 1 rings (SSSR count). The molecule has 0 fully saturated rings. The van der Waals surface area contributed by atoms with Gasteiger partial charge in [0.1, 0.15) is 6.54 Å². The molecule has 1 heterocycles. The highest BCUT2D eigenvalue weighted by molar-refractivity contribution is 5.83. The zero-order chi connectivity index (χ0) is 15.0. The number of hydrogen-bond donors (Lipinski definition) is 0. The molecule has 0 saturated heterocycles. The van der Waals surface area contributed by atoms with Crippen LogP contribution in [0.4, 0.5) is 0 Å². The molecule has 0 atom stereocenters. The van der Waals surface area contributed by atoms with Crippen molar-refractivity contribution in [3.05, 3.63) is 42.7 Å². The molecule has 0 radical (unpaired) electrons. The Hall–Kier alpha value is -2.17. The van der Waals surface area contributed by atoms with Gasteiger partial charge in [-0.3, -0.25) is 14.6 Å². The van der Waals surface area contributed by atoms with Crippen molar-refractivity contribution >= 4 is 11.8 Å². The fourth-order valence-electron chi connectivity index (χ4n) is 1.72. The van der Waals surface area contributed by atoms with E-state index in [1.165, 1.54) is 11.8 Å². The van der Waals surface area contributed by atoms with E-state index >= 15 is 0 Å². The summed E-state index contributed by atoms with van der Waals surface area (Å²) < 4.78 is 0. The third-order valence-corrected chi connectivity index (χ3v) is 3.03. The maximum Gasteiger partial charge on any atom is 0.241 e. The minimum absolute atomic E-state index is 0.0730. The Bertz CT molecular complexity index is 459. The van der Waals surface area contributed by atoms with Crippen molar-refractivity contribution in [3.8, 4) is 0 Å². The van der Waals surface area contributed by atoms with Crippen molar-refractivity contribution in [2.45, 2.75) is 13.3 Å². The number of rotatable bonds is 7. The van der Waals surface area contributed by atoms with Crippen LogP contribution in [-0.4, -0.2) is 53.3 Å². The van der Waals surface area contributed by atoms with Gasteiger partial charge in [-0.25, -0.2) is 0 Å². The van der Waals surface area contributed by atoms with Crippen LogP contribution in [0.15, 0.2) is 37.2 Å². The number of pyridine rings is 1. The lowest BCUT2D eigenvalue weighted by Gasteiger charge is -2.23. The number of carbonyl (C=O) groups excluding carboxylic acids is 2. The van der Waals surface area contributed by atoms with Crippen LogP contribution >= 0.6 is 0 Å². The monoisotopic (exact) mass is 275 g/mol. The van der Waals surface area contributed by atoms with E-state index in [9.17, 15) is 9.59 Å². The summed E-state index contributed by atoms with van der Waals surface area (Å²) in [5, 5.41) is 0. The van der Waals surface area contributed by atoms with Crippen molar-refractivity contribution in [2.75, 3.05) is 26.7 Å². The van der Waals surface area contributed by atoms with Crippen LogP contribution in [0.5, 0.6) is 0 Å². The van der Waals surface area contributed by atoms with Crippen LogP contribution in [0.1, 0.15) is 12.5 Å². The fraction of sp³-hybridized carbons (Fsp3) is 0.400. The van der Waals surface area contributed by atoms with Gasteiger partial charge in [-0.1, -0.05) is 6.08 Å². The average molecular weight is 275 g/mol. The van der Waals surface area contributed by atoms with Gasteiger partial charge in [0.2, 0.25) is 11.8 Å². The van der Waals surface area contributed by atoms with Gasteiger partial charge >= 0.3 is 0 Å². The summed E-state index contributed by atoms with van der Waals surface area (Å²) >= 11 is 0. The molecule has 0 bridgehead atoms. The maximum absolute atomic E-state index is 12.0. The van der Waals surface area contributed by atoms with Gasteiger partial charge in [-0.15, -0.1) is 6.58 Å². The number of amides is 2. The molecule has 2 amide bonds. The number of hydrogen-bond acceptors (Lipinski definition) is 3. The summed E-state index contributed by atoms with van der Waals surface area (Å²) in [6, 6.07) is 3.86. The molecule has 0 aromatic carbocycles. The van der Waals surface area contributed by atoms with Gasteiger partial charge in [-0.2, -0.15) is 0 Å². The highest BCUT2D eigenvalue weighted by Gasteiger charge is 2.15. The Morgan fingerprint density at radius 2 is 2.00 bits per heavy atom. The highest BCUT2D eigenvalue weighted by atomic mass is 16.2. The quantitative estimate of drug-likeness (QED) is 0.701. The Kier molecular flexibility index (Phi) is 6.43. The van der Waals surface area contributed by atoms with Crippen LogP contribution in [0.3, 0.4) is 0 Å². The SMILES string of the molecule is C=CCN(CC(=O)N(C)CCc1ccncc1)C(C)=O. The van der Waals surface area contributed by atoms with Crippen LogP contribution in [0.25, 0.3) is 0 Å². The molecule has 0 spiro atoms. The number of carbonyl (C=O) groups is 2. The van der Waals surface area contributed by atoms with Gasteiger partial charge in [0.15, 0.2) is 0 Å². The van der Waals surface area contributed by atoms with E-state index < -0.39 is 0 Å². The number of nitrogens with zero attached hydrogens (tertiary/aromatic N) is 3. The highest BCUT2D eigenvalue weighted by Crippen LogP contribution is 2.00. The minimum Gasteiger partial charge on any atom is -0.344 e. The van der Waals surface area contributed by atoms with Gasteiger partial charge in [-0.05, 0) is 24.1 Å². The molecule has 0 aliphatic carbocycles. The van der Waals surface area contributed by atoms with E-state index in [-0.39, 0.29) is 18.4 Å². The van der Waals surface area contributed by atoms with Crippen molar-refractivity contribution < 1.29 is 9.59 Å². The summed E-state index contributed by atoms with van der Waals surface area (Å²) in [5.74, 6) is -0.197. The average Bonchev–Trinajstić information content (AvgIpc) is 2.45. The minimum atomic E-state index is -0.124. The first-order valence-electron chi connectivity index (χ1n) is 6.54. The van der Waals surface area contributed by atoms with Gasteiger partial charge < -0.3 is 9.80 Å². The van der Waals surface area contributed by atoms with Gasteiger partial charge in [0.25, 0.3) is 0 Å². The fourth-order valence-corrected chi connectivity index (χ4v) is 1.72. The van der Waals surface area contributed by atoms with Crippen LogP contribution < -0.4 is 0 Å². The third-order valence-electron chi connectivity index (χ3n) is 3.03. The standard InChI is InChI=1S/C15H21N3O2/c1-4-10-18(13(2)19)12-15(20)17(3)11-7-14-5-8-16-9-6-14/h4-6,8-9H,1,7,10-12H2,2-3H3. The lowest BCUT2D eigenvalue weighted by molar-refractivity contribution is -0.138. The Morgan fingerprint density at radius 3 is 2.55 bits per heavy atom. The summed E-state index contributed by atoms with van der Waals surface area (Å²) in [6.07, 6.45) is 5.86. The molecule has 0 aliphatic rings. The van der Waals surface area contributed by atoms with Crippen LogP contribution in [0, 0.1) is 0 Å². The first kappa shape index (κ1) is 15.9. The summed E-state index contributed by atoms with van der Waals surface area (Å²) in [5.41, 5.74) is 1.13. The molecule has 0 saturated carbocycles. The van der Waals surface area contributed by atoms with Crippen molar-refractivity contribution in [2.24, 2.45) is 0 Å². The second-order valence-electron chi connectivity index (χ2n) is 4.61. The Labute approximate surface area is 119 Å². The second kappa shape index (κ2) is 8.09. The predicted octanol–water partition coefficient (Wildman–Crippen LogP) is 1.12. The van der Waals surface area contributed by atoms with Crippen molar-refractivity contribution in [3.63, 3.8) is 0 Å². The first-order valence-corrected chi connectivity index (χ1v) is 6.54. The zero-order valence-corrected chi connectivity index (χ0v) is 12.1. The van der Waals surface area contributed by atoms with Crippen LogP contribution in [-0.2, 0) is 16.0 Å². The molecule has 0 N–H and O–H groups in total. The molecule has 108 valence electrons. The van der Waals surface area contributed by atoms with Gasteiger partial charge in [0, 0.05) is 39.5 Å². The lowest BCUT2D eigenvalue weighted by Crippen LogP contribution is -2.41. The summed E-state index contributed by atoms with van der Waals surface area (Å²) in [4.78, 5) is 30.5. The summed E-state index contributed by atoms with van der Waals surface area (Å²) in [6.45, 7) is 6.13. The van der Waals surface area contributed by atoms with E-state index in [2.05, 4.69) is 11.6 Å². The number of likely N-dealkylation sites (N-methyl/N-ethyl adjacent to an activating group) is 1. The van der Waals surface area contributed by atoms with Crippen molar-refractivity contribution in [1.82, 2.24) is 14.8 Å². The van der Waals surface area contributed by atoms with Gasteiger partial charge in [0.05, 0.1) is 0 Å².